The van der Waals surface area contributed by atoms with Crippen molar-refractivity contribution in [2.75, 3.05) is 19.7 Å². The zero-order valence-electron chi connectivity index (χ0n) is 14.2. The highest BCUT2D eigenvalue weighted by Crippen LogP contribution is 2.15. The van der Waals surface area contributed by atoms with Crippen molar-refractivity contribution in [3.63, 3.8) is 0 Å². The summed E-state index contributed by atoms with van der Waals surface area (Å²) in [5.41, 5.74) is 1.30. The number of rotatable bonds is 4. The van der Waals surface area contributed by atoms with Gasteiger partial charge in [0.05, 0.1) is 6.10 Å². The summed E-state index contributed by atoms with van der Waals surface area (Å²) in [7, 11) is 0. The first kappa shape index (κ1) is 16.6. The molecular weight excluding hydrogens is 306 g/mol. The molecule has 0 aliphatic carbocycles. The van der Waals surface area contributed by atoms with E-state index in [-0.39, 0.29) is 23.1 Å². The van der Waals surface area contributed by atoms with Gasteiger partial charge in [-0.05, 0) is 37.8 Å². The number of amides is 1. The summed E-state index contributed by atoms with van der Waals surface area (Å²) in [6.07, 6.45) is 5.97. The molecule has 0 radical (unpaired) electrons. The molecule has 1 aliphatic rings. The number of likely N-dealkylation sites (tertiary alicyclic amines) is 1. The van der Waals surface area contributed by atoms with E-state index in [1.54, 1.807) is 17.2 Å². The lowest BCUT2D eigenvalue weighted by Gasteiger charge is -2.32. The van der Waals surface area contributed by atoms with E-state index in [0.717, 1.165) is 24.8 Å². The van der Waals surface area contributed by atoms with Gasteiger partial charge < -0.3 is 9.64 Å². The van der Waals surface area contributed by atoms with Gasteiger partial charge in [-0.3, -0.25) is 14.0 Å². The van der Waals surface area contributed by atoms with Gasteiger partial charge in [-0.15, -0.1) is 0 Å². The predicted octanol–water partition coefficient (Wildman–Crippen LogP) is 2.03. The Morgan fingerprint density at radius 2 is 2.25 bits per heavy atom. The number of ether oxygens (including phenoxy) is 1. The molecule has 1 aliphatic heterocycles. The lowest BCUT2D eigenvalue weighted by molar-refractivity contribution is 0.00203. The zero-order valence-corrected chi connectivity index (χ0v) is 14.2. The minimum atomic E-state index is -0.315. The first-order valence-corrected chi connectivity index (χ1v) is 8.49. The summed E-state index contributed by atoms with van der Waals surface area (Å²) < 4.78 is 7.21. The second kappa shape index (κ2) is 7.13. The monoisotopic (exact) mass is 329 g/mol. The molecule has 2 aromatic rings. The van der Waals surface area contributed by atoms with Crippen molar-refractivity contribution < 1.29 is 9.53 Å². The molecule has 1 atom stereocenters. The van der Waals surface area contributed by atoms with Gasteiger partial charge in [0.1, 0.15) is 11.2 Å². The van der Waals surface area contributed by atoms with Crippen molar-refractivity contribution >= 4 is 11.6 Å². The Labute approximate surface area is 141 Å². The first-order chi connectivity index (χ1) is 11.6. The lowest BCUT2D eigenvalue weighted by Crippen LogP contribution is -2.45. The van der Waals surface area contributed by atoms with Crippen LogP contribution in [0.15, 0.2) is 29.3 Å². The quantitative estimate of drug-likeness (QED) is 0.861. The summed E-state index contributed by atoms with van der Waals surface area (Å²) in [5, 5.41) is 0. The van der Waals surface area contributed by atoms with Gasteiger partial charge in [0.15, 0.2) is 0 Å². The molecule has 1 saturated heterocycles. The third-order valence-corrected chi connectivity index (χ3v) is 4.30. The maximum Gasteiger partial charge on any atom is 0.270 e. The van der Waals surface area contributed by atoms with Gasteiger partial charge in [0.2, 0.25) is 0 Å². The predicted molar refractivity (Wildman–Crippen MR) is 91.4 cm³/mol. The summed E-state index contributed by atoms with van der Waals surface area (Å²) >= 11 is 0. The van der Waals surface area contributed by atoms with Crippen LogP contribution < -0.4 is 5.56 Å². The molecule has 3 heterocycles. The molecule has 3 rings (SSSR count). The Hall–Kier alpha value is -2.21. The largest absolute Gasteiger partial charge is 0.376 e. The van der Waals surface area contributed by atoms with Crippen molar-refractivity contribution in [1.29, 1.82) is 0 Å². The van der Waals surface area contributed by atoms with Crippen LogP contribution in [0.2, 0.25) is 0 Å². The average Bonchev–Trinajstić information content (AvgIpc) is 2.60. The minimum absolute atomic E-state index is 0.0565. The van der Waals surface area contributed by atoms with Crippen molar-refractivity contribution in [3.8, 4) is 0 Å². The van der Waals surface area contributed by atoms with E-state index in [0.29, 0.717) is 25.3 Å². The number of piperidine rings is 1. The molecule has 1 amide bonds. The second-order valence-corrected chi connectivity index (χ2v) is 6.30. The Morgan fingerprint density at radius 3 is 3.04 bits per heavy atom. The maximum atomic E-state index is 12.8. The number of nitrogens with zero attached hydrogens (tertiary/aromatic N) is 3. The fourth-order valence-electron chi connectivity index (χ4n) is 3.04. The Kier molecular flexibility index (Phi) is 4.94. The molecule has 2 aromatic heterocycles. The molecule has 0 aromatic carbocycles. The molecule has 0 spiro atoms. The van der Waals surface area contributed by atoms with Gasteiger partial charge in [-0.1, -0.05) is 13.0 Å². The van der Waals surface area contributed by atoms with Crippen molar-refractivity contribution in [3.05, 3.63) is 46.0 Å². The number of carbonyl (C=O) groups is 1. The van der Waals surface area contributed by atoms with E-state index in [4.69, 9.17) is 4.74 Å². The van der Waals surface area contributed by atoms with Crippen LogP contribution in [0.25, 0.3) is 5.65 Å². The summed E-state index contributed by atoms with van der Waals surface area (Å²) in [5.74, 6) is -0.256. The second-order valence-electron chi connectivity index (χ2n) is 6.30. The van der Waals surface area contributed by atoms with Gasteiger partial charge in [-0.25, -0.2) is 4.98 Å². The molecule has 6 heteroatoms. The average molecular weight is 329 g/mol. The Bertz CT molecular complexity index is 800. The van der Waals surface area contributed by atoms with Crippen molar-refractivity contribution in [1.82, 2.24) is 14.3 Å². The summed E-state index contributed by atoms with van der Waals surface area (Å²) in [4.78, 5) is 31.4. The number of hydrogen-bond donors (Lipinski definition) is 0. The van der Waals surface area contributed by atoms with Gasteiger partial charge in [0, 0.05) is 32.1 Å². The van der Waals surface area contributed by atoms with E-state index in [1.165, 1.54) is 10.6 Å². The van der Waals surface area contributed by atoms with Gasteiger partial charge >= 0.3 is 0 Å². The highest BCUT2D eigenvalue weighted by Gasteiger charge is 2.26. The van der Waals surface area contributed by atoms with Crippen LogP contribution in [0.3, 0.4) is 0 Å². The lowest BCUT2D eigenvalue weighted by atomic mass is 10.1. The van der Waals surface area contributed by atoms with Crippen LogP contribution in [0.1, 0.15) is 42.1 Å². The van der Waals surface area contributed by atoms with E-state index < -0.39 is 0 Å². The molecule has 6 nitrogen and oxygen atoms in total. The van der Waals surface area contributed by atoms with E-state index in [9.17, 15) is 9.59 Å². The third kappa shape index (κ3) is 3.33. The van der Waals surface area contributed by atoms with E-state index >= 15 is 0 Å². The van der Waals surface area contributed by atoms with Crippen LogP contribution in [-0.4, -0.2) is 46.0 Å². The van der Waals surface area contributed by atoms with Gasteiger partial charge in [-0.2, -0.15) is 0 Å². The normalized spacial score (nSPS) is 18.1. The van der Waals surface area contributed by atoms with Crippen molar-refractivity contribution in [2.45, 2.75) is 39.2 Å². The maximum absolute atomic E-state index is 12.8. The number of aromatic nitrogens is 2. The van der Waals surface area contributed by atoms with Crippen LogP contribution >= 0.6 is 0 Å². The highest BCUT2D eigenvalue weighted by molar-refractivity contribution is 5.93. The highest BCUT2D eigenvalue weighted by atomic mass is 16.5. The zero-order chi connectivity index (χ0) is 17.1. The van der Waals surface area contributed by atoms with E-state index in [2.05, 4.69) is 11.9 Å². The molecule has 128 valence electrons. The topological polar surface area (TPSA) is 63.9 Å². The molecule has 1 fully saturated rings. The van der Waals surface area contributed by atoms with Gasteiger partial charge in [0.25, 0.3) is 11.5 Å². The number of hydrogen-bond acceptors (Lipinski definition) is 4. The molecule has 0 saturated carbocycles. The van der Waals surface area contributed by atoms with E-state index in [1.807, 2.05) is 13.0 Å². The number of pyridine rings is 1. The van der Waals surface area contributed by atoms with Crippen LogP contribution in [-0.2, 0) is 4.74 Å². The van der Waals surface area contributed by atoms with Crippen LogP contribution in [0.5, 0.6) is 0 Å². The minimum Gasteiger partial charge on any atom is -0.376 e. The Balaban J connectivity index is 1.85. The molecule has 0 unspecified atom stereocenters. The first-order valence-electron chi connectivity index (χ1n) is 8.49. The molecule has 0 N–H and O–H groups in total. The molecule has 0 bridgehead atoms. The third-order valence-electron chi connectivity index (χ3n) is 4.30. The fraction of sp³-hybridized carbons (Fsp3) is 0.500. The molecular formula is C18H23N3O3. The standard InChI is InChI=1S/C18H23N3O3/c1-3-9-24-14-5-4-8-20(12-14)17(22)15-10-19-16-7-6-13(2)11-21(16)18(15)23/h6-7,10-11,14H,3-5,8-9,12H2,1-2H3/t14-/m1/s1. The summed E-state index contributed by atoms with van der Waals surface area (Å²) in [6, 6.07) is 3.67. The van der Waals surface area contributed by atoms with Crippen LogP contribution in [0.4, 0.5) is 0 Å². The number of carbonyl (C=O) groups excluding carboxylic acids is 1. The van der Waals surface area contributed by atoms with Crippen molar-refractivity contribution in [2.24, 2.45) is 0 Å². The Morgan fingerprint density at radius 1 is 1.42 bits per heavy atom. The number of aryl methyl sites for hydroxylation is 1. The SMILES string of the molecule is CCCO[C@@H]1CCCN(C(=O)c2cnc3ccc(C)cn3c2=O)C1. The fourth-order valence-corrected chi connectivity index (χ4v) is 3.04. The van der Waals surface area contributed by atoms with Crippen LogP contribution in [0, 0.1) is 6.92 Å². The summed E-state index contributed by atoms with van der Waals surface area (Å²) in [6.45, 7) is 5.86. The smallest absolute Gasteiger partial charge is 0.270 e. The molecule has 24 heavy (non-hydrogen) atoms. The number of fused-ring (bicyclic) bond motifs is 1.